The van der Waals surface area contributed by atoms with Gasteiger partial charge in [-0.15, -0.1) is 0 Å². The Morgan fingerprint density at radius 3 is 1.81 bits per heavy atom. The van der Waals surface area contributed by atoms with Gasteiger partial charge in [0.25, 0.3) is 0 Å². The Hall–Kier alpha value is -3.30. The molecule has 128 valence electrons. The Kier molecular flexibility index (Phi) is 3.80. The third-order valence-corrected chi connectivity index (χ3v) is 4.77. The Morgan fingerprint density at radius 2 is 1.07 bits per heavy atom. The number of halogens is 1. The summed E-state index contributed by atoms with van der Waals surface area (Å²) in [5.41, 5.74) is 1.83. The van der Waals surface area contributed by atoms with Gasteiger partial charge in [0.2, 0.25) is 5.28 Å². The molecule has 0 aliphatic carbocycles. The summed E-state index contributed by atoms with van der Waals surface area (Å²) in [4.78, 5) is 13.3. The van der Waals surface area contributed by atoms with Crippen molar-refractivity contribution < 1.29 is 0 Å². The highest BCUT2D eigenvalue weighted by atomic mass is 35.5. The lowest BCUT2D eigenvalue weighted by Crippen LogP contribution is -1.97. The molecule has 5 aromatic rings. The van der Waals surface area contributed by atoms with Crippen LogP contribution >= 0.6 is 11.6 Å². The normalized spacial score (nSPS) is 11.1. The van der Waals surface area contributed by atoms with Crippen LogP contribution in [-0.2, 0) is 0 Å². The van der Waals surface area contributed by atoms with Gasteiger partial charge in [-0.2, -0.15) is 9.97 Å². The standard InChI is InChI=1S/C23H14ClN3/c24-23-26-21(15-6-2-1-3-7-15)25-22(27-23)19-11-10-18-12-16-8-4-5-9-17(16)13-20(18)14-19/h1-14H. The molecule has 0 radical (unpaired) electrons. The summed E-state index contributed by atoms with van der Waals surface area (Å²) >= 11 is 6.18. The lowest BCUT2D eigenvalue weighted by Gasteiger charge is -2.07. The minimum absolute atomic E-state index is 0.192. The molecule has 0 N–H and O–H groups in total. The highest BCUT2D eigenvalue weighted by Gasteiger charge is 2.10. The van der Waals surface area contributed by atoms with E-state index in [9.17, 15) is 0 Å². The molecule has 0 amide bonds. The summed E-state index contributed by atoms with van der Waals surface area (Å²) in [7, 11) is 0. The molecule has 0 atom stereocenters. The van der Waals surface area contributed by atoms with Gasteiger partial charge < -0.3 is 0 Å². The lowest BCUT2D eigenvalue weighted by molar-refractivity contribution is 1.07. The molecule has 1 aromatic heterocycles. The Labute approximate surface area is 161 Å². The van der Waals surface area contributed by atoms with Crippen LogP contribution < -0.4 is 0 Å². The molecule has 27 heavy (non-hydrogen) atoms. The smallest absolute Gasteiger partial charge is 0.208 e. The van der Waals surface area contributed by atoms with Crippen molar-refractivity contribution in [2.45, 2.75) is 0 Å². The maximum absolute atomic E-state index is 6.18. The van der Waals surface area contributed by atoms with Crippen LogP contribution in [0.5, 0.6) is 0 Å². The first kappa shape index (κ1) is 15.9. The topological polar surface area (TPSA) is 38.7 Å². The molecule has 5 rings (SSSR count). The minimum Gasteiger partial charge on any atom is -0.208 e. The third-order valence-electron chi connectivity index (χ3n) is 4.60. The predicted molar refractivity (Wildman–Crippen MR) is 111 cm³/mol. The van der Waals surface area contributed by atoms with E-state index in [1.807, 2.05) is 36.4 Å². The Morgan fingerprint density at radius 1 is 0.481 bits per heavy atom. The largest absolute Gasteiger partial charge is 0.226 e. The van der Waals surface area contributed by atoms with E-state index in [2.05, 4.69) is 63.5 Å². The van der Waals surface area contributed by atoms with Crippen LogP contribution in [-0.4, -0.2) is 15.0 Å². The van der Waals surface area contributed by atoms with Crippen LogP contribution in [0.2, 0.25) is 5.28 Å². The van der Waals surface area contributed by atoms with Gasteiger partial charge in [-0.3, -0.25) is 0 Å². The Bertz CT molecular complexity index is 1280. The SMILES string of the molecule is Clc1nc(-c2ccccc2)nc(-c2ccc3cc4ccccc4cc3c2)n1. The molecule has 0 bridgehead atoms. The van der Waals surface area contributed by atoms with Crippen molar-refractivity contribution in [3.8, 4) is 22.8 Å². The van der Waals surface area contributed by atoms with Crippen LogP contribution in [0.3, 0.4) is 0 Å². The van der Waals surface area contributed by atoms with Crippen LogP contribution in [0.25, 0.3) is 44.3 Å². The second-order valence-electron chi connectivity index (χ2n) is 6.38. The summed E-state index contributed by atoms with van der Waals surface area (Å²) < 4.78 is 0. The first-order chi connectivity index (χ1) is 13.3. The summed E-state index contributed by atoms with van der Waals surface area (Å²) in [5.74, 6) is 1.15. The second kappa shape index (κ2) is 6.45. The number of aromatic nitrogens is 3. The molecule has 0 aliphatic rings. The zero-order valence-electron chi connectivity index (χ0n) is 14.3. The quantitative estimate of drug-likeness (QED) is 0.350. The number of fused-ring (bicyclic) bond motifs is 2. The number of nitrogens with zero attached hydrogens (tertiary/aromatic N) is 3. The van der Waals surface area contributed by atoms with E-state index in [0.717, 1.165) is 16.5 Å². The monoisotopic (exact) mass is 367 g/mol. The van der Waals surface area contributed by atoms with Crippen molar-refractivity contribution in [1.82, 2.24) is 15.0 Å². The second-order valence-corrected chi connectivity index (χ2v) is 6.72. The average Bonchev–Trinajstić information content (AvgIpc) is 2.72. The molecule has 0 saturated carbocycles. The molecular weight excluding hydrogens is 354 g/mol. The van der Waals surface area contributed by atoms with E-state index in [1.54, 1.807) is 0 Å². The summed E-state index contributed by atoms with van der Waals surface area (Å²) in [5, 5.41) is 4.95. The molecule has 0 saturated heterocycles. The highest BCUT2D eigenvalue weighted by molar-refractivity contribution is 6.28. The maximum atomic E-state index is 6.18. The molecule has 0 spiro atoms. The third kappa shape index (κ3) is 3.03. The minimum atomic E-state index is 0.192. The fourth-order valence-corrected chi connectivity index (χ4v) is 3.43. The van der Waals surface area contributed by atoms with E-state index in [-0.39, 0.29) is 5.28 Å². The molecule has 0 aliphatic heterocycles. The van der Waals surface area contributed by atoms with Crippen molar-refractivity contribution in [1.29, 1.82) is 0 Å². The molecule has 3 nitrogen and oxygen atoms in total. The van der Waals surface area contributed by atoms with Gasteiger partial charge in [0.15, 0.2) is 11.6 Å². The van der Waals surface area contributed by atoms with Gasteiger partial charge in [0.05, 0.1) is 0 Å². The van der Waals surface area contributed by atoms with Crippen molar-refractivity contribution in [2.24, 2.45) is 0 Å². The highest BCUT2D eigenvalue weighted by Crippen LogP contribution is 2.28. The van der Waals surface area contributed by atoms with Crippen molar-refractivity contribution >= 4 is 33.1 Å². The van der Waals surface area contributed by atoms with Gasteiger partial charge in [-0.05, 0) is 51.3 Å². The number of rotatable bonds is 2. The maximum Gasteiger partial charge on any atom is 0.226 e. The van der Waals surface area contributed by atoms with Crippen molar-refractivity contribution in [3.05, 3.63) is 90.2 Å². The summed E-state index contributed by atoms with van der Waals surface area (Å²) in [6.07, 6.45) is 0. The summed E-state index contributed by atoms with van der Waals surface area (Å²) in [6.45, 7) is 0. The predicted octanol–water partition coefficient (Wildman–Crippen LogP) is 6.17. The van der Waals surface area contributed by atoms with Gasteiger partial charge in [-0.25, -0.2) is 4.98 Å². The molecule has 0 fully saturated rings. The van der Waals surface area contributed by atoms with E-state index in [4.69, 9.17) is 11.6 Å². The van der Waals surface area contributed by atoms with Gasteiger partial charge in [0.1, 0.15) is 0 Å². The van der Waals surface area contributed by atoms with Crippen molar-refractivity contribution in [3.63, 3.8) is 0 Å². The van der Waals surface area contributed by atoms with Crippen LogP contribution in [0.15, 0.2) is 84.9 Å². The summed E-state index contributed by atoms with van der Waals surface area (Å²) in [6, 6.07) is 28.7. The molecule has 4 heteroatoms. The molecule has 4 aromatic carbocycles. The first-order valence-electron chi connectivity index (χ1n) is 8.66. The zero-order chi connectivity index (χ0) is 18.2. The van der Waals surface area contributed by atoms with Gasteiger partial charge in [0, 0.05) is 11.1 Å². The Balaban J connectivity index is 1.66. The van der Waals surface area contributed by atoms with Crippen LogP contribution in [0.1, 0.15) is 0 Å². The number of benzene rings is 4. The van der Waals surface area contributed by atoms with E-state index in [1.165, 1.54) is 16.2 Å². The van der Waals surface area contributed by atoms with Gasteiger partial charge >= 0.3 is 0 Å². The number of hydrogen-bond acceptors (Lipinski definition) is 3. The van der Waals surface area contributed by atoms with Gasteiger partial charge in [-0.1, -0.05) is 66.7 Å². The van der Waals surface area contributed by atoms with Crippen LogP contribution in [0.4, 0.5) is 0 Å². The van der Waals surface area contributed by atoms with Crippen LogP contribution in [0, 0.1) is 0 Å². The molecule has 1 heterocycles. The zero-order valence-corrected chi connectivity index (χ0v) is 15.1. The fourth-order valence-electron chi connectivity index (χ4n) is 3.27. The number of hydrogen-bond donors (Lipinski definition) is 0. The van der Waals surface area contributed by atoms with E-state index >= 15 is 0 Å². The average molecular weight is 368 g/mol. The lowest BCUT2D eigenvalue weighted by atomic mass is 10.0. The van der Waals surface area contributed by atoms with E-state index < -0.39 is 0 Å². The first-order valence-corrected chi connectivity index (χ1v) is 9.04. The van der Waals surface area contributed by atoms with Crippen molar-refractivity contribution in [2.75, 3.05) is 0 Å². The fraction of sp³-hybridized carbons (Fsp3) is 0. The molecule has 0 unspecified atom stereocenters. The molecular formula is C23H14ClN3. The van der Waals surface area contributed by atoms with E-state index in [0.29, 0.717) is 11.6 Å².